The van der Waals surface area contributed by atoms with Crippen molar-refractivity contribution in [1.82, 2.24) is 34.0 Å². The number of carbonyl (C=O) groups excluding carboxylic acids is 1. The van der Waals surface area contributed by atoms with E-state index in [2.05, 4.69) is 15.2 Å². The predicted molar refractivity (Wildman–Crippen MR) is 137 cm³/mol. The minimum atomic E-state index is -1.13. The molecule has 10 nitrogen and oxygen atoms in total. The van der Waals surface area contributed by atoms with Gasteiger partial charge in [-0.1, -0.05) is 0 Å². The first-order valence-corrected chi connectivity index (χ1v) is 13.1. The summed E-state index contributed by atoms with van der Waals surface area (Å²) >= 11 is 0. The van der Waals surface area contributed by atoms with E-state index in [0.717, 1.165) is 19.3 Å². The number of rotatable bonds is 6. The summed E-state index contributed by atoms with van der Waals surface area (Å²) in [6.07, 6.45) is 9.07. The summed E-state index contributed by atoms with van der Waals surface area (Å²) < 4.78 is 18.2. The molecule has 1 aromatic carbocycles. The smallest absolute Gasteiger partial charge is 0.264 e. The number of aryl methyl sites for hydroxylation is 1. The van der Waals surface area contributed by atoms with E-state index in [1.807, 2.05) is 17.8 Å². The second-order valence-electron chi connectivity index (χ2n) is 10.5. The quantitative estimate of drug-likeness (QED) is 0.419. The van der Waals surface area contributed by atoms with Crippen molar-refractivity contribution in [3.05, 3.63) is 70.4 Å². The molecule has 1 N–H and O–H groups in total. The highest BCUT2D eigenvalue weighted by atomic mass is 19.1. The molecule has 0 bridgehead atoms. The van der Waals surface area contributed by atoms with E-state index >= 15 is 0 Å². The average molecular weight is 520 g/mol. The maximum absolute atomic E-state index is 13.3. The lowest BCUT2D eigenvalue weighted by molar-refractivity contribution is -0.136. The third-order valence-corrected chi connectivity index (χ3v) is 7.87. The van der Waals surface area contributed by atoms with E-state index in [1.165, 1.54) is 45.2 Å². The summed E-state index contributed by atoms with van der Waals surface area (Å²) in [6, 6.07) is 5.75. The molecule has 6 rings (SSSR count). The number of likely N-dealkylation sites (tertiary alicyclic amines) is 1. The van der Waals surface area contributed by atoms with Crippen LogP contribution in [0.4, 0.5) is 4.39 Å². The molecule has 1 saturated heterocycles. The van der Waals surface area contributed by atoms with E-state index < -0.39 is 5.60 Å². The first-order chi connectivity index (χ1) is 18.3. The number of hydrogen-bond acceptors (Lipinski definition) is 6. The van der Waals surface area contributed by atoms with E-state index in [0.29, 0.717) is 49.1 Å². The number of hydrogen-bond donors (Lipinski definition) is 1. The van der Waals surface area contributed by atoms with Crippen LogP contribution in [-0.4, -0.2) is 63.7 Å². The van der Waals surface area contributed by atoms with Crippen molar-refractivity contribution in [3.63, 3.8) is 0 Å². The number of benzene rings is 1. The van der Waals surface area contributed by atoms with Gasteiger partial charge in [-0.25, -0.2) is 14.1 Å². The SMILES string of the molecule is C[C@H](CC(=O)N1CCC(O)(Cn2cnc3c(cnn3-c3ccc(F)cc3)c2=O)CC1)n1ncc2c1CCC2. The van der Waals surface area contributed by atoms with Gasteiger partial charge in [0.1, 0.15) is 17.5 Å². The highest BCUT2D eigenvalue weighted by Gasteiger charge is 2.35. The van der Waals surface area contributed by atoms with Gasteiger partial charge in [-0.05, 0) is 68.9 Å². The van der Waals surface area contributed by atoms with Gasteiger partial charge in [0.05, 0.1) is 36.3 Å². The van der Waals surface area contributed by atoms with Crippen molar-refractivity contribution in [3.8, 4) is 5.69 Å². The van der Waals surface area contributed by atoms with Gasteiger partial charge in [0.25, 0.3) is 5.56 Å². The van der Waals surface area contributed by atoms with Gasteiger partial charge in [0.2, 0.25) is 5.91 Å². The maximum Gasteiger partial charge on any atom is 0.264 e. The number of fused-ring (bicyclic) bond motifs is 2. The molecule has 4 aromatic rings. The fourth-order valence-electron chi connectivity index (χ4n) is 5.68. The molecule has 198 valence electrons. The molecule has 1 fully saturated rings. The van der Waals surface area contributed by atoms with Crippen molar-refractivity contribution in [2.24, 2.45) is 0 Å². The van der Waals surface area contributed by atoms with Gasteiger partial charge in [0.15, 0.2) is 5.65 Å². The van der Waals surface area contributed by atoms with Crippen LogP contribution in [0.3, 0.4) is 0 Å². The highest BCUT2D eigenvalue weighted by Crippen LogP contribution is 2.28. The second kappa shape index (κ2) is 9.46. The van der Waals surface area contributed by atoms with Crippen LogP contribution in [0.2, 0.25) is 0 Å². The Labute approximate surface area is 218 Å². The van der Waals surface area contributed by atoms with Crippen LogP contribution in [0.25, 0.3) is 16.7 Å². The Hall–Kier alpha value is -3.86. The van der Waals surface area contributed by atoms with Crippen LogP contribution in [-0.2, 0) is 24.2 Å². The lowest BCUT2D eigenvalue weighted by atomic mass is 9.91. The van der Waals surface area contributed by atoms with Crippen molar-refractivity contribution in [1.29, 1.82) is 0 Å². The third-order valence-electron chi connectivity index (χ3n) is 7.87. The molecule has 0 radical (unpaired) electrons. The van der Waals surface area contributed by atoms with Crippen LogP contribution in [0.15, 0.2) is 47.8 Å². The predicted octanol–water partition coefficient (Wildman–Crippen LogP) is 2.41. The zero-order chi connectivity index (χ0) is 26.4. The first-order valence-electron chi connectivity index (χ1n) is 13.1. The summed E-state index contributed by atoms with van der Waals surface area (Å²) in [7, 11) is 0. The van der Waals surface area contributed by atoms with Crippen molar-refractivity contribution in [2.75, 3.05) is 13.1 Å². The normalized spacial score (nSPS) is 17.6. The summed E-state index contributed by atoms with van der Waals surface area (Å²) in [5.74, 6) is -0.313. The number of aromatic nitrogens is 6. The van der Waals surface area contributed by atoms with E-state index in [-0.39, 0.29) is 29.9 Å². The number of halogens is 1. The minimum Gasteiger partial charge on any atom is -0.388 e. The molecule has 1 amide bonds. The lowest BCUT2D eigenvalue weighted by Gasteiger charge is -2.38. The highest BCUT2D eigenvalue weighted by molar-refractivity contribution is 5.77. The molecule has 1 atom stereocenters. The molecule has 0 saturated carbocycles. The first kappa shape index (κ1) is 24.5. The van der Waals surface area contributed by atoms with E-state index in [1.54, 1.807) is 17.0 Å². The molecule has 0 spiro atoms. The van der Waals surface area contributed by atoms with Gasteiger partial charge in [-0.15, -0.1) is 0 Å². The molecule has 38 heavy (non-hydrogen) atoms. The maximum atomic E-state index is 13.3. The molecular formula is C27H30FN7O3. The van der Waals surface area contributed by atoms with Gasteiger partial charge >= 0.3 is 0 Å². The van der Waals surface area contributed by atoms with E-state index in [4.69, 9.17) is 0 Å². The summed E-state index contributed by atoms with van der Waals surface area (Å²) in [4.78, 5) is 32.4. The topological polar surface area (TPSA) is 111 Å². The Morgan fingerprint density at radius 1 is 1.13 bits per heavy atom. The monoisotopic (exact) mass is 519 g/mol. The number of amides is 1. The zero-order valence-electron chi connectivity index (χ0n) is 21.3. The zero-order valence-corrected chi connectivity index (χ0v) is 21.3. The number of nitrogens with zero attached hydrogens (tertiary/aromatic N) is 7. The van der Waals surface area contributed by atoms with Gasteiger partial charge in [-0.3, -0.25) is 18.8 Å². The molecule has 2 aliphatic rings. The molecular weight excluding hydrogens is 489 g/mol. The molecule has 0 unspecified atom stereocenters. The largest absolute Gasteiger partial charge is 0.388 e. The Balaban J connectivity index is 1.11. The van der Waals surface area contributed by atoms with Gasteiger partial charge < -0.3 is 10.0 Å². The summed E-state index contributed by atoms with van der Waals surface area (Å²) in [5.41, 5.74) is 2.05. The lowest BCUT2D eigenvalue weighted by Crippen LogP contribution is -2.49. The Morgan fingerprint density at radius 3 is 2.66 bits per heavy atom. The standard InChI is InChI=1S/C27H30FN7O3/c1-18(34-23-4-2-3-19(23)14-30-34)13-24(36)32-11-9-27(38,10-12-32)16-33-17-29-25-22(26(33)37)15-31-35(25)21-7-5-20(28)6-8-21/h5-8,14-15,17-18,38H,2-4,9-13,16H2,1H3/t18-/m1/s1. The van der Waals surface area contributed by atoms with Crippen LogP contribution < -0.4 is 5.56 Å². The van der Waals surface area contributed by atoms with Crippen LogP contribution in [0, 0.1) is 5.82 Å². The van der Waals surface area contributed by atoms with Crippen LogP contribution in [0.1, 0.15) is 49.9 Å². The number of carbonyl (C=O) groups is 1. The van der Waals surface area contributed by atoms with Crippen LogP contribution >= 0.6 is 0 Å². The Morgan fingerprint density at radius 2 is 1.89 bits per heavy atom. The van der Waals surface area contributed by atoms with Crippen LogP contribution in [0.5, 0.6) is 0 Å². The number of aliphatic hydroxyl groups is 1. The second-order valence-corrected chi connectivity index (χ2v) is 10.5. The molecule has 1 aliphatic heterocycles. The molecule has 4 heterocycles. The van der Waals surface area contributed by atoms with Crippen molar-refractivity contribution in [2.45, 2.75) is 63.6 Å². The Bertz CT molecular complexity index is 1550. The fourth-order valence-corrected chi connectivity index (χ4v) is 5.68. The third kappa shape index (κ3) is 4.40. The Kier molecular flexibility index (Phi) is 6.10. The summed E-state index contributed by atoms with van der Waals surface area (Å²) in [5, 5.41) is 20.3. The minimum absolute atomic E-state index is 0.0163. The van der Waals surface area contributed by atoms with Gasteiger partial charge in [-0.2, -0.15) is 10.2 Å². The van der Waals surface area contributed by atoms with E-state index in [9.17, 15) is 19.1 Å². The van der Waals surface area contributed by atoms with Crippen molar-refractivity contribution < 1.29 is 14.3 Å². The molecule has 11 heteroatoms. The fraction of sp³-hybridized carbons (Fsp3) is 0.444. The van der Waals surface area contributed by atoms with Crippen molar-refractivity contribution >= 4 is 16.9 Å². The number of piperidine rings is 1. The summed E-state index contributed by atoms with van der Waals surface area (Å²) in [6.45, 7) is 2.95. The average Bonchev–Trinajstić information content (AvgIpc) is 3.63. The molecule has 1 aliphatic carbocycles. The van der Waals surface area contributed by atoms with Gasteiger partial charge in [0, 0.05) is 25.2 Å². The molecule has 3 aromatic heterocycles.